The van der Waals surface area contributed by atoms with Crippen LogP contribution in [0.5, 0.6) is 0 Å². The van der Waals surface area contributed by atoms with Crippen molar-refractivity contribution in [2.45, 2.75) is 13.0 Å². The lowest BCUT2D eigenvalue weighted by molar-refractivity contribution is -0.302. The lowest BCUT2D eigenvalue weighted by Gasteiger charge is -2.29. The molecule has 0 rings (SSSR count). The second-order valence-corrected chi connectivity index (χ2v) is 5.80. The van der Waals surface area contributed by atoms with E-state index in [9.17, 15) is 19.1 Å². The number of likely N-dealkylation sites (N-methyl/N-ethyl adjacent to an activating group) is 1. The van der Waals surface area contributed by atoms with Crippen molar-refractivity contribution >= 4 is 24.0 Å². The monoisotopic (exact) mass is 211 g/mol. The van der Waals surface area contributed by atoms with Crippen LogP contribution in [0.2, 0.25) is 0 Å². The SMILES string of the molecule is CN[C@@H](CSP(=O)([O-])[O-])C(C)=O. The van der Waals surface area contributed by atoms with Crippen molar-refractivity contribution in [3.8, 4) is 0 Å². The van der Waals surface area contributed by atoms with Crippen molar-refractivity contribution in [2.24, 2.45) is 0 Å². The number of carbonyl (C=O) groups is 1. The summed E-state index contributed by atoms with van der Waals surface area (Å²) in [5.74, 6) is -0.214. The van der Waals surface area contributed by atoms with Crippen LogP contribution in [-0.4, -0.2) is 24.6 Å². The molecular weight excluding hydrogens is 201 g/mol. The van der Waals surface area contributed by atoms with E-state index in [0.717, 1.165) is 0 Å². The summed E-state index contributed by atoms with van der Waals surface area (Å²) < 4.78 is 10.2. The van der Waals surface area contributed by atoms with Crippen molar-refractivity contribution in [3.05, 3.63) is 0 Å². The standard InChI is InChI=1S/C5H12NO4PS/c1-4(7)5(6-2)3-12-11(8,9)10/h5-6H,3H2,1-2H3,(H2,8,9,10)/p-2/t5-/m0/s1. The Morgan fingerprint density at radius 1 is 1.67 bits per heavy atom. The molecule has 0 amide bonds. The van der Waals surface area contributed by atoms with Gasteiger partial charge in [0.05, 0.1) is 6.04 Å². The molecule has 0 aromatic carbocycles. The van der Waals surface area contributed by atoms with Crippen molar-refractivity contribution in [1.29, 1.82) is 0 Å². The molecule has 0 aliphatic heterocycles. The molecule has 0 unspecified atom stereocenters. The zero-order chi connectivity index (χ0) is 9.78. The number of rotatable bonds is 5. The first-order chi connectivity index (χ1) is 5.37. The van der Waals surface area contributed by atoms with Gasteiger partial charge in [-0.1, -0.05) is 0 Å². The number of nitrogens with one attached hydrogen (secondary N) is 1. The Labute approximate surface area is 74.8 Å². The quantitative estimate of drug-likeness (QED) is 0.570. The lowest BCUT2D eigenvalue weighted by Crippen LogP contribution is -2.35. The molecule has 12 heavy (non-hydrogen) atoms. The fourth-order valence-corrected chi connectivity index (χ4v) is 2.30. The minimum atomic E-state index is -4.55. The van der Waals surface area contributed by atoms with Crippen LogP contribution >= 0.6 is 18.2 Å². The first-order valence-corrected chi connectivity index (χ1v) is 6.34. The van der Waals surface area contributed by atoms with Crippen molar-refractivity contribution in [1.82, 2.24) is 5.32 Å². The highest BCUT2D eigenvalue weighted by Crippen LogP contribution is 2.41. The van der Waals surface area contributed by atoms with E-state index < -0.39 is 12.8 Å². The summed E-state index contributed by atoms with van der Waals surface area (Å²) in [6.07, 6.45) is 0. The Kier molecular flexibility index (Phi) is 5.04. The molecule has 0 spiro atoms. The van der Waals surface area contributed by atoms with Gasteiger partial charge in [0, 0.05) is 5.75 Å². The molecule has 7 heteroatoms. The number of carbonyl (C=O) groups excluding carboxylic acids is 1. The van der Waals surface area contributed by atoms with Gasteiger partial charge in [-0.25, -0.2) is 0 Å². The number of hydrogen-bond donors (Lipinski definition) is 1. The zero-order valence-electron chi connectivity index (χ0n) is 6.77. The average molecular weight is 211 g/mol. The maximum atomic E-state index is 10.7. The second kappa shape index (κ2) is 4.99. The molecule has 0 aromatic heterocycles. The molecule has 0 bridgehead atoms. The number of ketones is 1. The summed E-state index contributed by atoms with van der Waals surface area (Å²) in [5.41, 5.74) is 0. The van der Waals surface area contributed by atoms with E-state index in [4.69, 9.17) is 0 Å². The predicted octanol–water partition coefficient (Wildman–Crippen LogP) is -1.27. The van der Waals surface area contributed by atoms with Crippen LogP contribution in [0, 0.1) is 0 Å². The molecule has 5 nitrogen and oxygen atoms in total. The van der Waals surface area contributed by atoms with Crippen molar-refractivity contribution in [3.63, 3.8) is 0 Å². The van der Waals surface area contributed by atoms with Crippen LogP contribution in [0.3, 0.4) is 0 Å². The molecule has 72 valence electrons. The van der Waals surface area contributed by atoms with Crippen LogP contribution in [0.25, 0.3) is 0 Å². The number of Topliss-reactive ketones (excluding diaryl/α,β-unsaturated/α-hetero) is 1. The first kappa shape index (κ1) is 12.1. The Hall–Kier alpha value is 0.130. The molecule has 0 aliphatic carbocycles. The van der Waals surface area contributed by atoms with E-state index in [0.29, 0.717) is 0 Å². The third kappa shape index (κ3) is 5.74. The van der Waals surface area contributed by atoms with Crippen LogP contribution < -0.4 is 15.1 Å². The van der Waals surface area contributed by atoms with Crippen LogP contribution in [-0.2, 0) is 9.36 Å². The molecule has 0 saturated heterocycles. The maximum Gasteiger partial charge on any atom is 0.147 e. The summed E-state index contributed by atoms with van der Waals surface area (Å²) in [4.78, 5) is 31.1. The van der Waals surface area contributed by atoms with Gasteiger partial charge in [0.15, 0.2) is 0 Å². The first-order valence-electron chi connectivity index (χ1n) is 3.21. The Morgan fingerprint density at radius 2 is 2.17 bits per heavy atom. The minimum absolute atomic E-state index is 0.0316. The molecule has 0 aliphatic rings. The van der Waals surface area contributed by atoms with E-state index in [1.54, 1.807) is 0 Å². The fraction of sp³-hybridized carbons (Fsp3) is 0.800. The van der Waals surface area contributed by atoms with E-state index >= 15 is 0 Å². The van der Waals surface area contributed by atoms with Gasteiger partial charge in [-0.3, -0.25) is 4.79 Å². The Bertz CT molecular complexity index is 204. The highest BCUT2D eigenvalue weighted by molar-refractivity contribution is 8.53. The third-order valence-corrected chi connectivity index (χ3v) is 3.43. The van der Waals surface area contributed by atoms with Gasteiger partial charge in [0.1, 0.15) is 5.78 Å². The van der Waals surface area contributed by atoms with Gasteiger partial charge in [-0.15, -0.1) is 11.4 Å². The van der Waals surface area contributed by atoms with E-state index in [2.05, 4.69) is 5.32 Å². The van der Waals surface area contributed by atoms with Crippen molar-refractivity contribution < 1.29 is 19.1 Å². The molecule has 1 atom stereocenters. The molecular formula is C5H10NO4PS-2. The molecule has 0 heterocycles. The Balaban J connectivity index is 3.90. The average Bonchev–Trinajstić information content (AvgIpc) is 1.85. The van der Waals surface area contributed by atoms with E-state index in [-0.39, 0.29) is 22.9 Å². The zero-order valence-corrected chi connectivity index (χ0v) is 8.48. The van der Waals surface area contributed by atoms with E-state index in [1.807, 2.05) is 0 Å². The largest absolute Gasteiger partial charge is 0.803 e. The summed E-state index contributed by atoms with van der Waals surface area (Å²) in [6, 6.07) is -0.564. The van der Waals surface area contributed by atoms with Gasteiger partial charge in [-0.2, -0.15) is 0 Å². The number of hydrogen-bond acceptors (Lipinski definition) is 6. The van der Waals surface area contributed by atoms with Crippen LogP contribution in [0.1, 0.15) is 6.92 Å². The summed E-state index contributed by atoms with van der Waals surface area (Å²) in [5, 5.41) is 2.60. The van der Waals surface area contributed by atoms with Gasteiger partial charge in [0.25, 0.3) is 0 Å². The third-order valence-electron chi connectivity index (χ3n) is 1.24. The minimum Gasteiger partial charge on any atom is -0.803 e. The summed E-state index contributed by atoms with van der Waals surface area (Å²) >= 11 is 0.256. The maximum absolute atomic E-state index is 10.7. The van der Waals surface area contributed by atoms with Gasteiger partial charge >= 0.3 is 0 Å². The molecule has 0 saturated carbocycles. The molecule has 0 fully saturated rings. The molecule has 0 radical (unpaired) electrons. The summed E-state index contributed by atoms with van der Waals surface area (Å²) in [7, 11) is 1.53. The fourth-order valence-electron chi connectivity index (χ4n) is 0.570. The predicted molar refractivity (Wildman–Crippen MR) is 43.6 cm³/mol. The highest BCUT2D eigenvalue weighted by Gasteiger charge is 2.11. The lowest BCUT2D eigenvalue weighted by atomic mass is 10.2. The molecule has 1 N–H and O–H groups in total. The van der Waals surface area contributed by atoms with Gasteiger partial charge < -0.3 is 19.7 Å². The van der Waals surface area contributed by atoms with Gasteiger partial charge in [-0.05, 0) is 20.8 Å². The Morgan fingerprint density at radius 3 is 2.42 bits per heavy atom. The smallest absolute Gasteiger partial charge is 0.147 e. The topological polar surface area (TPSA) is 92.3 Å². The van der Waals surface area contributed by atoms with Crippen molar-refractivity contribution in [2.75, 3.05) is 12.8 Å². The summed E-state index contributed by atoms with van der Waals surface area (Å²) in [6.45, 7) is -3.21. The highest BCUT2D eigenvalue weighted by atomic mass is 32.7. The van der Waals surface area contributed by atoms with Crippen LogP contribution in [0.15, 0.2) is 0 Å². The van der Waals surface area contributed by atoms with Crippen LogP contribution in [0.4, 0.5) is 0 Å². The normalized spacial score (nSPS) is 14.3. The van der Waals surface area contributed by atoms with E-state index in [1.165, 1.54) is 14.0 Å². The second-order valence-electron chi connectivity index (χ2n) is 2.19. The van der Waals surface area contributed by atoms with Gasteiger partial charge in [0.2, 0.25) is 0 Å². The molecule has 0 aromatic rings.